The Hall–Kier alpha value is -2.70. The molecule has 1 aliphatic rings. The van der Waals surface area contributed by atoms with E-state index < -0.39 is 0 Å². The molecule has 4 heterocycles. The first-order valence-electron chi connectivity index (χ1n) is 8.27. The maximum absolute atomic E-state index is 4.58. The summed E-state index contributed by atoms with van der Waals surface area (Å²) in [5, 5.41) is 8.74. The fraction of sp³-hybridized carbons (Fsp3) is 0.412. The van der Waals surface area contributed by atoms with E-state index in [0.717, 1.165) is 49.0 Å². The van der Waals surface area contributed by atoms with Gasteiger partial charge in [-0.1, -0.05) is 6.07 Å². The summed E-state index contributed by atoms with van der Waals surface area (Å²) in [7, 11) is 4.00. The Morgan fingerprint density at radius 3 is 2.88 bits per heavy atom. The van der Waals surface area contributed by atoms with Crippen LogP contribution in [0.25, 0.3) is 5.65 Å². The highest BCUT2D eigenvalue weighted by Gasteiger charge is 2.27. The molecule has 0 N–H and O–H groups in total. The molecule has 0 spiro atoms. The van der Waals surface area contributed by atoms with Gasteiger partial charge in [0.05, 0.1) is 0 Å². The molecule has 124 valence electrons. The molecule has 7 heteroatoms. The van der Waals surface area contributed by atoms with Gasteiger partial charge in [-0.3, -0.25) is 4.40 Å². The lowest BCUT2D eigenvalue weighted by molar-refractivity contribution is 0.485. The van der Waals surface area contributed by atoms with Crippen LogP contribution in [0, 0.1) is 0 Å². The summed E-state index contributed by atoms with van der Waals surface area (Å²) in [6, 6.07) is 6.00. The van der Waals surface area contributed by atoms with Crippen LogP contribution in [0.15, 0.2) is 36.8 Å². The van der Waals surface area contributed by atoms with Gasteiger partial charge in [0.2, 0.25) is 0 Å². The molecule has 1 saturated heterocycles. The summed E-state index contributed by atoms with van der Waals surface area (Å²) in [5.41, 5.74) is 0.901. The van der Waals surface area contributed by atoms with Gasteiger partial charge in [-0.25, -0.2) is 9.97 Å². The second-order valence-corrected chi connectivity index (χ2v) is 6.37. The summed E-state index contributed by atoms with van der Waals surface area (Å²) in [6.07, 6.45) is 7.77. The van der Waals surface area contributed by atoms with Crippen LogP contribution in [0.2, 0.25) is 0 Å². The van der Waals surface area contributed by atoms with Crippen molar-refractivity contribution < 1.29 is 0 Å². The molecule has 0 aromatic carbocycles. The Balaban J connectivity index is 1.65. The monoisotopic (exact) mass is 323 g/mol. The van der Waals surface area contributed by atoms with Crippen molar-refractivity contribution in [3.63, 3.8) is 0 Å². The lowest BCUT2D eigenvalue weighted by Crippen LogP contribution is -2.36. The van der Waals surface area contributed by atoms with E-state index in [1.54, 1.807) is 12.4 Å². The van der Waals surface area contributed by atoms with Crippen LogP contribution in [0.1, 0.15) is 24.6 Å². The van der Waals surface area contributed by atoms with Gasteiger partial charge in [0.1, 0.15) is 5.82 Å². The van der Waals surface area contributed by atoms with Crippen molar-refractivity contribution in [2.45, 2.75) is 18.8 Å². The molecule has 3 aromatic heterocycles. The number of fused-ring (bicyclic) bond motifs is 1. The molecule has 1 unspecified atom stereocenters. The predicted molar refractivity (Wildman–Crippen MR) is 93.5 cm³/mol. The minimum absolute atomic E-state index is 0.341. The van der Waals surface area contributed by atoms with Crippen LogP contribution in [-0.2, 0) is 0 Å². The van der Waals surface area contributed by atoms with Crippen molar-refractivity contribution in [2.24, 2.45) is 0 Å². The molecule has 24 heavy (non-hydrogen) atoms. The van der Waals surface area contributed by atoms with E-state index in [0.29, 0.717) is 5.92 Å². The molecule has 0 aliphatic carbocycles. The molecule has 4 rings (SSSR count). The zero-order valence-electron chi connectivity index (χ0n) is 14.0. The number of hydrogen-bond donors (Lipinski definition) is 0. The summed E-state index contributed by atoms with van der Waals surface area (Å²) >= 11 is 0. The Kier molecular flexibility index (Phi) is 3.76. The Bertz CT molecular complexity index is 842. The highest BCUT2D eigenvalue weighted by atomic mass is 15.3. The maximum atomic E-state index is 4.58. The number of nitrogens with zero attached hydrogens (tertiary/aromatic N) is 7. The van der Waals surface area contributed by atoms with Crippen LogP contribution >= 0.6 is 0 Å². The second-order valence-electron chi connectivity index (χ2n) is 6.37. The third kappa shape index (κ3) is 2.55. The van der Waals surface area contributed by atoms with E-state index in [1.807, 2.05) is 43.4 Å². The molecule has 1 atom stereocenters. The number of piperidine rings is 1. The quantitative estimate of drug-likeness (QED) is 0.734. The number of aromatic nitrogens is 5. The smallest absolute Gasteiger partial charge is 0.171 e. The normalized spacial score (nSPS) is 18.1. The maximum Gasteiger partial charge on any atom is 0.171 e. The van der Waals surface area contributed by atoms with Crippen molar-refractivity contribution in [1.82, 2.24) is 24.6 Å². The first-order valence-corrected chi connectivity index (χ1v) is 8.27. The molecule has 0 bridgehead atoms. The molecular weight excluding hydrogens is 302 g/mol. The van der Waals surface area contributed by atoms with Crippen molar-refractivity contribution in [3.8, 4) is 0 Å². The van der Waals surface area contributed by atoms with Crippen molar-refractivity contribution >= 4 is 17.3 Å². The first-order chi connectivity index (χ1) is 11.7. The van der Waals surface area contributed by atoms with Crippen molar-refractivity contribution in [2.75, 3.05) is 37.0 Å². The average Bonchev–Trinajstić information content (AvgIpc) is 3.06. The summed E-state index contributed by atoms with van der Waals surface area (Å²) in [5.74, 6) is 3.23. The van der Waals surface area contributed by atoms with Crippen molar-refractivity contribution in [1.29, 1.82) is 0 Å². The molecule has 0 amide bonds. The minimum atomic E-state index is 0.341. The number of hydrogen-bond acceptors (Lipinski definition) is 6. The van der Waals surface area contributed by atoms with Gasteiger partial charge < -0.3 is 9.80 Å². The Morgan fingerprint density at radius 2 is 2.00 bits per heavy atom. The fourth-order valence-corrected chi connectivity index (χ4v) is 3.38. The third-order valence-electron chi connectivity index (χ3n) is 4.51. The van der Waals surface area contributed by atoms with E-state index in [1.165, 1.54) is 0 Å². The highest BCUT2D eigenvalue weighted by Crippen LogP contribution is 2.31. The first kappa shape index (κ1) is 14.9. The van der Waals surface area contributed by atoms with Crippen LogP contribution < -0.4 is 9.80 Å². The van der Waals surface area contributed by atoms with Gasteiger partial charge in [0.25, 0.3) is 0 Å². The van der Waals surface area contributed by atoms with E-state index in [-0.39, 0.29) is 0 Å². The average molecular weight is 323 g/mol. The second kappa shape index (κ2) is 6.07. The van der Waals surface area contributed by atoms with Crippen LogP contribution in [-0.4, -0.2) is 51.8 Å². The number of rotatable bonds is 3. The Morgan fingerprint density at radius 1 is 1.12 bits per heavy atom. The third-order valence-corrected chi connectivity index (χ3v) is 4.51. The lowest BCUT2D eigenvalue weighted by Gasteiger charge is -2.34. The minimum Gasteiger partial charge on any atom is -0.360 e. The zero-order chi connectivity index (χ0) is 16.5. The SMILES string of the molecule is CN(C)c1nccnc1N1CCCC(c2nnc3ccccn23)C1. The highest BCUT2D eigenvalue weighted by molar-refractivity contribution is 5.61. The molecule has 0 radical (unpaired) electrons. The van der Waals surface area contributed by atoms with Gasteiger partial charge in [-0.2, -0.15) is 0 Å². The topological polar surface area (TPSA) is 62.5 Å². The van der Waals surface area contributed by atoms with Gasteiger partial charge in [-0.05, 0) is 25.0 Å². The molecular formula is C17H21N7. The standard InChI is InChI=1S/C17H21N7/c1-22(2)16-17(19-9-8-18-16)23-10-5-6-13(12-23)15-21-20-14-7-3-4-11-24(14)15/h3-4,7-9,11,13H,5-6,10,12H2,1-2H3. The van der Waals surface area contributed by atoms with E-state index >= 15 is 0 Å². The largest absolute Gasteiger partial charge is 0.360 e. The predicted octanol–water partition coefficient (Wildman–Crippen LogP) is 1.97. The van der Waals surface area contributed by atoms with Gasteiger partial charge in [0, 0.05) is 51.7 Å². The molecule has 3 aromatic rings. The summed E-state index contributed by atoms with van der Waals surface area (Å²) < 4.78 is 2.09. The van der Waals surface area contributed by atoms with Crippen LogP contribution in [0.4, 0.5) is 11.6 Å². The van der Waals surface area contributed by atoms with Gasteiger partial charge >= 0.3 is 0 Å². The number of anilines is 2. The van der Waals surface area contributed by atoms with E-state index in [4.69, 9.17) is 0 Å². The summed E-state index contributed by atoms with van der Waals surface area (Å²) in [4.78, 5) is 13.4. The molecule has 1 fully saturated rings. The lowest BCUT2D eigenvalue weighted by atomic mass is 9.97. The van der Waals surface area contributed by atoms with E-state index in [9.17, 15) is 0 Å². The van der Waals surface area contributed by atoms with Crippen LogP contribution in [0.5, 0.6) is 0 Å². The van der Waals surface area contributed by atoms with E-state index in [2.05, 4.69) is 29.5 Å². The molecule has 0 saturated carbocycles. The van der Waals surface area contributed by atoms with Gasteiger partial charge in [-0.15, -0.1) is 10.2 Å². The summed E-state index contributed by atoms with van der Waals surface area (Å²) in [6.45, 7) is 1.88. The van der Waals surface area contributed by atoms with Crippen molar-refractivity contribution in [3.05, 3.63) is 42.6 Å². The number of pyridine rings is 1. The van der Waals surface area contributed by atoms with Crippen LogP contribution in [0.3, 0.4) is 0 Å². The molecule has 1 aliphatic heterocycles. The molecule has 7 nitrogen and oxygen atoms in total. The zero-order valence-corrected chi connectivity index (χ0v) is 14.0. The Labute approximate surface area is 141 Å². The fourth-order valence-electron chi connectivity index (χ4n) is 3.38. The van der Waals surface area contributed by atoms with Gasteiger partial charge in [0.15, 0.2) is 17.3 Å².